The van der Waals surface area contributed by atoms with Gasteiger partial charge >= 0.3 is 6.18 Å². The first-order valence-electron chi connectivity index (χ1n) is 6.76. The third kappa shape index (κ3) is 2.00. The molecule has 0 aromatic heterocycles. The largest absolute Gasteiger partial charge is 0.492 e. The van der Waals surface area contributed by atoms with Gasteiger partial charge in [0.05, 0.1) is 23.5 Å². The van der Waals surface area contributed by atoms with Crippen molar-refractivity contribution in [2.45, 2.75) is 31.9 Å². The second kappa shape index (κ2) is 4.50. The van der Waals surface area contributed by atoms with Gasteiger partial charge in [-0.05, 0) is 31.4 Å². The number of fused-ring (bicyclic) bond motifs is 1. The molecule has 1 saturated carbocycles. The van der Waals surface area contributed by atoms with Crippen LogP contribution in [0.4, 0.5) is 13.2 Å². The third-order valence-electron chi connectivity index (χ3n) is 4.51. The second-order valence-electron chi connectivity index (χ2n) is 5.70. The highest BCUT2D eigenvalue weighted by molar-refractivity contribution is 6.01. The number of carbonyl (C=O) groups excluding carboxylic acids is 1. The van der Waals surface area contributed by atoms with Gasteiger partial charge in [-0.2, -0.15) is 13.2 Å². The Morgan fingerprint density at radius 1 is 1.25 bits per heavy atom. The van der Waals surface area contributed by atoms with E-state index < -0.39 is 17.5 Å². The summed E-state index contributed by atoms with van der Waals surface area (Å²) >= 11 is 0. The smallest absolute Gasteiger partial charge is 0.394 e. The lowest BCUT2D eigenvalue weighted by Gasteiger charge is -2.45. The Bertz CT molecular complexity index is 532. The van der Waals surface area contributed by atoms with E-state index in [-0.39, 0.29) is 31.7 Å². The average molecular weight is 284 g/mol. The molecule has 5 heteroatoms. The molecule has 1 aromatic rings. The molecule has 3 rings (SSSR count). The summed E-state index contributed by atoms with van der Waals surface area (Å²) in [6.45, 7) is 0.0493. The minimum atomic E-state index is -4.23. The number of ketones is 1. The van der Waals surface area contributed by atoms with Crippen LogP contribution < -0.4 is 4.74 Å². The van der Waals surface area contributed by atoms with Gasteiger partial charge < -0.3 is 4.74 Å². The number of Topliss-reactive ketones (excluding diaryl/α,β-unsaturated/α-hetero) is 1. The zero-order chi connectivity index (χ0) is 14.4. The fourth-order valence-corrected chi connectivity index (χ4v) is 3.11. The number of hydrogen-bond acceptors (Lipinski definition) is 2. The molecule has 1 aliphatic carbocycles. The van der Waals surface area contributed by atoms with Crippen molar-refractivity contribution in [3.05, 3.63) is 29.8 Å². The number of carbonyl (C=O) groups is 1. The Morgan fingerprint density at radius 2 is 1.95 bits per heavy atom. The van der Waals surface area contributed by atoms with Gasteiger partial charge in [0.1, 0.15) is 5.75 Å². The van der Waals surface area contributed by atoms with E-state index in [2.05, 4.69) is 0 Å². The van der Waals surface area contributed by atoms with Gasteiger partial charge in [-0.25, -0.2) is 0 Å². The van der Waals surface area contributed by atoms with Gasteiger partial charge in [-0.3, -0.25) is 4.79 Å². The van der Waals surface area contributed by atoms with E-state index in [1.54, 1.807) is 24.3 Å². The summed E-state index contributed by atoms with van der Waals surface area (Å²) in [6.07, 6.45) is -3.55. The van der Waals surface area contributed by atoms with Crippen LogP contribution in [-0.2, 0) is 0 Å². The van der Waals surface area contributed by atoms with Crippen molar-refractivity contribution in [2.75, 3.05) is 6.61 Å². The zero-order valence-corrected chi connectivity index (χ0v) is 10.9. The van der Waals surface area contributed by atoms with E-state index in [1.165, 1.54) is 0 Å². The van der Waals surface area contributed by atoms with E-state index >= 15 is 0 Å². The maximum atomic E-state index is 13.2. The first-order chi connectivity index (χ1) is 9.43. The molecule has 1 atom stereocenters. The molecule has 1 heterocycles. The molecule has 0 unspecified atom stereocenters. The molecule has 1 fully saturated rings. The first-order valence-corrected chi connectivity index (χ1v) is 6.76. The lowest BCUT2D eigenvalue weighted by Crippen LogP contribution is -2.47. The van der Waals surface area contributed by atoms with E-state index in [0.717, 1.165) is 0 Å². The molecule has 2 aliphatic rings. The topological polar surface area (TPSA) is 26.3 Å². The highest BCUT2D eigenvalue weighted by Gasteiger charge is 2.59. The van der Waals surface area contributed by atoms with Gasteiger partial charge in [-0.1, -0.05) is 18.6 Å². The number of benzene rings is 1. The maximum Gasteiger partial charge on any atom is 0.394 e. The van der Waals surface area contributed by atoms with Crippen LogP contribution in [0.1, 0.15) is 36.0 Å². The Morgan fingerprint density at radius 3 is 2.55 bits per heavy atom. The molecule has 1 aliphatic heterocycles. The van der Waals surface area contributed by atoms with Crippen LogP contribution in [0.3, 0.4) is 0 Å². The number of rotatable bonds is 2. The summed E-state index contributed by atoms with van der Waals surface area (Å²) in [6, 6.07) is 6.73. The van der Waals surface area contributed by atoms with Crippen molar-refractivity contribution in [3.63, 3.8) is 0 Å². The number of para-hydroxylation sites is 1. The lowest BCUT2D eigenvalue weighted by atomic mass is 9.63. The van der Waals surface area contributed by atoms with Gasteiger partial charge in [0.2, 0.25) is 0 Å². The summed E-state index contributed by atoms with van der Waals surface area (Å²) < 4.78 is 45.0. The first kappa shape index (κ1) is 13.5. The molecule has 1 aromatic carbocycles. The molecule has 0 radical (unpaired) electrons. The molecule has 20 heavy (non-hydrogen) atoms. The minimum Gasteiger partial charge on any atom is -0.492 e. The van der Waals surface area contributed by atoms with E-state index in [0.29, 0.717) is 17.7 Å². The molecule has 0 bridgehead atoms. The van der Waals surface area contributed by atoms with Gasteiger partial charge in [-0.15, -0.1) is 0 Å². The van der Waals surface area contributed by atoms with Crippen LogP contribution in [0, 0.1) is 11.3 Å². The second-order valence-corrected chi connectivity index (χ2v) is 5.70. The number of alkyl halides is 3. The predicted octanol–water partition coefficient (Wildman–Crippen LogP) is 4.00. The number of halogens is 3. The zero-order valence-electron chi connectivity index (χ0n) is 10.9. The van der Waals surface area contributed by atoms with Crippen LogP contribution in [-0.4, -0.2) is 18.6 Å². The SMILES string of the molecule is O=C1c2ccccc2OC[C@@H]1CC1(C(F)(F)F)CCC1. The highest BCUT2D eigenvalue weighted by Crippen LogP contribution is 2.57. The Balaban J connectivity index is 1.82. The van der Waals surface area contributed by atoms with Gasteiger partial charge in [0.15, 0.2) is 5.78 Å². The molecule has 0 spiro atoms. The van der Waals surface area contributed by atoms with E-state index in [4.69, 9.17) is 4.74 Å². The van der Waals surface area contributed by atoms with E-state index in [1.807, 2.05) is 0 Å². The monoisotopic (exact) mass is 284 g/mol. The van der Waals surface area contributed by atoms with Crippen molar-refractivity contribution in [3.8, 4) is 5.75 Å². The number of hydrogen-bond donors (Lipinski definition) is 0. The summed E-state index contributed by atoms with van der Waals surface area (Å²) in [5, 5.41) is 0. The van der Waals surface area contributed by atoms with Crippen molar-refractivity contribution in [2.24, 2.45) is 11.3 Å². The normalized spacial score (nSPS) is 24.6. The summed E-state index contributed by atoms with van der Waals surface area (Å²) in [5.41, 5.74) is -1.27. The van der Waals surface area contributed by atoms with Crippen molar-refractivity contribution in [1.29, 1.82) is 0 Å². The van der Waals surface area contributed by atoms with Crippen LogP contribution in [0.25, 0.3) is 0 Å². The quantitative estimate of drug-likeness (QED) is 0.820. The molecule has 0 amide bonds. The van der Waals surface area contributed by atoms with Crippen molar-refractivity contribution >= 4 is 5.78 Å². The Hall–Kier alpha value is -1.52. The minimum absolute atomic E-state index is 0.0493. The Kier molecular flexibility index (Phi) is 3.03. The standard InChI is InChI=1S/C15H15F3O2/c16-15(17,18)14(6-3-7-14)8-10-9-20-12-5-2-1-4-11(12)13(10)19/h1-2,4-5,10H,3,6-9H2/t10-/m0/s1. The average Bonchev–Trinajstić information content (AvgIpc) is 2.35. The molecule has 2 nitrogen and oxygen atoms in total. The molecule has 108 valence electrons. The fraction of sp³-hybridized carbons (Fsp3) is 0.533. The van der Waals surface area contributed by atoms with Crippen molar-refractivity contribution < 1.29 is 22.7 Å². The Labute approximate surface area is 114 Å². The summed E-state index contributed by atoms with van der Waals surface area (Å²) in [7, 11) is 0. The third-order valence-corrected chi connectivity index (χ3v) is 4.51. The fourth-order valence-electron chi connectivity index (χ4n) is 3.11. The predicted molar refractivity (Wildman–Crippen MR) is 66.7 cm³/mol. The highest BCUT2D eigenvalue weighted by atomic mass is 19.4. The van der Waals surface area contributed by atoms with Crippen LogP contribution in [0.2, 0.25) is 0 Å². The number of ether oxygens (including phenoxy) is 1. The van der Waals surface area contributed by atoms with Gasteiger partial charge in [0.25, 0.3) is 0 Å². The maximum absolute atomic E-state index is 13.2. The molecule has 0 N–H and O–H groups in total. The summed E-state index contributed by atoms with van der Waals surface area (Å²) in [5.74, 6) is -0.433. The lowest BCUT2D eigenvalue weighted by molar-refractivity contribution is -0.256. The summed E-state index contributed by atoms with van der Waals surface area (Å²) in [4.78, 5) is 12.3. The van der Waals surface area contributed by atoms with Gasteiger partial charge in [0, 0.05) is 0 Å². The van der Waals surface area contributed by atoms with Crippen molar-refractivity contribution in [1.82, 2.24) is 0 Å². The van der Waals surface area contributed by atoms with Crippen LogP contribution >= 0.6 is 0 Å². The van der Waals surface area contributed by atoms with Crippen LogP contribution in [0.5, 0.6) is 5.75 Å². The molecular formula is C15H15F3O2. The molecular weight excluding hydrogens is 269 g/mol. The molecule has 0 saturated heterocycles. The van der Waals surface area contributed by atoms with E-state index in [9.17, 15) is 18.0 Å². The van der Waals surface area contributed by atoms with Crippen LogP contribution in [0.15, 0.2) is 24.3 Å².